The number of rotatable bonds is 7. The lowest BCUT2D eigenvalue weighted by atomic mass is 9.86. The SMILES string of the molecule is C=C(COCOCC)C(=O)OC1(C)CCCCC1. The van der Waals surface area contributed by atoms with Gasteiger partial charge in [-0.05, 0) is 39.5 Å². The van der Waals surface area contributed by atoms with Crippen molar-refractivity contribution in [3.8, 4) is 0 Å². The first-order valence-electron chi connectivity index (χ1n) is 6.64. The minimum absolute atomic E-state index is 0.162. The second kappa shape index (κ2) is 7.54. The molecule has 0 atom stereocenters. The molecule has 0 N–H and O–H groups in total. The molecule has 0 aromatic carbocycles. The highest BCUT2D eigenvalue weighted by atomic mass is 16.7. The predicted molar refractivity (Wildman–Crippen MR) is 69.2 cm³/mol. The minimum Gasteiger partial charge on any atom is -0.456 e. The fraction of sp³-hybridized carbons (Fsp3) is 0.786. The maximum absolute atomic E-state index is 11.8. The van der Waals surface area contributed by atoms with Gasteiger partial charge in [0.05, 0.1) is 12.2 Å². The summed E-state index contributed by atoms with van der Waals surface area (Å²) in [5.41, 5.74) is 0.0274. The Labute approximate surface area is 109 Å². The molecule has 4 nitrogen and oxygen atoms in total. The van der Waals surface area contributed by atoms with Crippen molar-refractivity contribution in [1.82, 2.24) is 0 Å². The first kappa shape index (κ1) is 15.2. The number of hydrogen-bond donors (Lipinski definition) is 0. The van der Waals surface area contributed by atoms with E-state index in [1.54, 1.807) is 0 Å². The van der Waals surface area contributed by atoms with Gasteiger partial charge in [-0.1, -0.05) is 13.0 Å². The Balaban J connectivity index is 2.28. The van der Waals surface area contributed by atoms with Crippen molar-refractivity contribution in [1.29, 1.82) is 0 Å². The van der Waals surface area contributed by atoms with Gasteiger partial charge < -0.3 is 14.2 Å². The van der Waals surface area contributed by atoms with Crippen LogP contribution in [0, 0.1) is 0 Å². The molecule has 1 aliphatic rings. The summed E-state index contributed by atoms with van der Waals surface area (Å²) >= 11 is 0. The van der Waals surface area contributed by atoms with Crippen molar-refractivity contribution in [3.63, 3.8) is 0 Å². The quantitative estimate of drug-likeness (QED) is 0.304. The summed E-state index contributed by atoms with van der Waals surface area (Å²) < 4.78 is 15.7. The summed E-state index contributed by atoms with van der Waals surface area (Å²) in [6, 6.07) is 0. The van der Waals surface area contributed by atoms with E-state index in [9.17, 15) is 4.79 Å². The molecule has 1 saturated carbocycles. The van der Waals surface area contributed by atoms with E-state index >= 15 is 0 Å². The van der Waals surface area contributed by atoms with E-state index in [1.165, 1.54) is 6.42 Å². The first-order chi connectivity index (χ1) is 8.57. The molecule has 0 spiro atoms. The first-order valence-corrected chi connectivity index (χ1v) is 6.64. The van der Waals surface area contributed by atoms with Gasteiger partial charge in [0.15, 0.2) is 0 Å². The summed E-state index contributed by atoms with van der Waals surface area (Å²) in [7, 11) is 0. The van der Waals surface area contributed by atoms with Gasteiger partial charge in [-0.25, -0.2) is 4.79 Å². The fourth-order valence-corrected chi connectivity index (χ4v) is 2.06. The van der Waals surface area contributed by atoms with Crippen LogP contribution in [0.25, 0.3) is 0 Å². The van der Waals surface area contributed by atoms with Crippen molar-refractivity contribution >= 4 is 5.97 Å². The van der Waals surface area contributed by atoms with Crippen molar-refractivity contribution < 1.29 is 19.0 Å². The summed E-state index contributed by atoms with van der Waals surface area (Å²) in [5.74, 6) is -0.351. The van der Waals surface area contributed by atoms with Crippen molar-refractivity contribution in [2.24, 2.45) is 0 Å². The zero-order chi connectivity index (χ0) is 13.4. The molecule has 18 heavy (non-hydrogen) atoms. The Morgan fingerprint density at radius 2 is 1.89 bits per heavy atom. The summed E-state index contributed by atoms with van der Waals surface area (Å²) in [4.78, 5) is 11.8. The standard InChI is InChI=1S/C14H24O4/c1-4-16-11-17-10-12(2)13(15)18-14(3)8-6-5-7-9-14/h2,4-11H2,1,3H3. The molecule has 0 saturated heterocycles. The van der Waals surface area contributed by atoms with Crippen molar-refractivity contribution in [2.75, 3.05) is 20.0 Å². The van der Waals surface area contributed by atoms with Gasteiger partial charge in [0.1, 0.15) is 12.4 Å². The van der Waals surface area contributed by atoms with Crippen LogP contribution in [0.3, 0.4) is 0 Å². The van der Waals surface area contributed by atoms with Crippen LogP contribution >= 0.6 is 0 Å². The lowest BCUT2D eigenvalue weighted by molar-refractivity contribution is -0.157. The lowest BCUT2D eigenvalue weighted by Crippen LogP contribution is -2.34. The maximum Gasteiger partial charge on any atom is 0.336 e. The average molecular weight is 256 g/mol. The average Bonchev–Trinajstić information content (AvgIpc) is 2.34. The molecular weight excluding hydrogens is 232 g/mol. The van der Waals surface area contributed by atoms with Crippen LogP contribution in [0.1, 0.15) is 46.0 Å². The van der Waals surface area contributed by atoms with Gasteiger partial charge in [-0.2, -0.15) is 0 Å². The molecule has 0 bridgehead atoms. The molecular formula is C14H24O4. The number of ether oxygens (including phenoxy) is 3. The molecule has 0 unspecified atom stereocenters. The largest absolute Gasteiger partial charge is 0.456 e. The second-order valence-electron chi connectivity index (χ2n) is 4.96. The normalized spacial score (nSPS) is 18.3. The molecule has 1 aliphatic carbocycles. The highest BCUT2D eigenvalue weighted by Crippen LogP contribution is 2.31. The van der Waals surface area contributed by atoms with Crippen molar-refractivity contribution in [2.45, 2.75) is 51.6 Å². The van der Waals surface area contributed by atoms with Gasteiger partial charge >= 0.3 is 5.97 Å². The third-order valence-electron chi connectivity index (χ3n) is 3.19. The van der Waals surface area contributed by atoms with Crippen LogP contribution in [0.2, 0.25) is 0 Å². The molecule has 4 heteroatoms. The second-order valence-corrected chi connectivity index (χ2v) is 4.96. The molecule has 0 radical (unpaired) electrons. The monoisotopic (exact) mass is 256 g/mol. The number of esters is 1. The van der Waals surface area contributed by atoms with Gasteiger partial charge in [0.2, 0.25) is 0 Å². The zero-order valence-corrected chi connectivity index (χ0v) is 11.5. The summed E-state index contributed by atoms with van der Waals surface area (Å²) in [6.07, 6.45) is 5.34. The number of carbonyl (C=O) groups is 1. The Bertz CT molecular complexity index is 280. The summed E-state index contributed by atoms with van der Waals surface area (Å²) in [5, 5.41) is 0. The van der Waals surface area contributed by atoms with Crippen LogP contribution in [-0.2, 0) is 19.0 Å². The molecule has 0 heterocycles. The van der Waals surface area contributed by atoms with E-state index in [0.717, 1.165) is 25.7 Å². The molecule has 104 valence electrons. The molecule has 0 aromatic rings. The van der Waals surface area contributed by atoms with Gasteiger partial charge in [-0.15, -0.1) is 0 Å². The van der Waals surface area contributed by atoms with Gasteiger partial charge in [0.25, 0.3) is 0 Å². The van der Waals surface area contributed by atoms with E-state index in [1.807, 2.05) is 13.8 Å². The minimum atomic E-state index is -0.351. The Morgan fingerprint density at radius 3 is 2.50 bits per heavy atom. The van der Waals surface area contributed by atoms with E-state index in [4.69, 9.17) is 14.2 Å². The van der Waals surface area contributed by atoms with Crippen molar-refractivity contribution in [3.05, 3.63) is 12.2 Å². The Morgan fingerprint density at radius 1 is 1.22 bits per heavy atom. The molecule has 1 rings (SSSR count). The highest BCUT2D eigenvalue weighted by molar-refractivity contribution is 5.88. The van der Waals surface area contributed by atoms with E-state index in [-0.39, 0.29) is 25.0 Å². The van der Waals surface area contributed by atoms with Crippen LogP contribution < -0.4 is 0 Å². The van der Waals surface area contributed by atoms with Crippen LogP contribution in [0.5, 0.6) is 0 Å². The maximum atomic E-state index is 11.8. The third kappa shape index (κ3) is 5.19. The fourth-order valence-electron chi connectivity index (χ4n) is 2.06. The molecule has 0 amide bonds. The number of hydrogen-bond acceptors (Lipinski definition) is 4. The van der Waals surface area contributed by atoms with E-state index < -0.39 is 0 Å². The third-order valence-corrected chi connectivity index (χ3v) is 3.19. The topological polar surface area (TPSA) is 44.8 Å². The highest BCUT2D eigenvalue weighted by Gasteiger charge is 2.31. The lowest BCUT2D eigenvalue weighted by Gasteiger charge is -2.33. The Kier molecular flexibility index (Phi) is 6.36. The Hall–Kier alpha value is -0.870. The zero-order valence-electron chi connectivity index (χ0n) is 11.5. The van der Waals surface area contributed by atoms with Crippen LogP contribution in [0.15, 0.2) is 12.2 Å². The van der Waals surface area contributed by atoms with Crippen LogP contribution in [-0.4, -0.2) is 31.6 Å². The predicted octanol–water partition coefficient (Wildman–Crippen LogP) is 2.82. The van der Waals surface area contributed by atoms with E-state index in [2.05, 4.69) is 6.58 Å². The molecule has 0 aromatic heterocycles. The van der Waals surface area contributed by atoms with E-state index in [0.29, 0.717) is 12.2 Å². The smallest absolute Gasteiger partial charge is 0.336 e. The van der Waals surface area contributed by atoms with Gasteiger partial charge in [-0.3, -0.25) is 0 Å². The van der Waals surface area contributed by atoms with Crippen LogP contribution in [0.4, 0.5) is 0 Å². The number of carbonyl (C=O) groups excluding carboxylic acids is 1. The van der Waals surface area contributed by atoms with Gasteiger partial charge in [0, 0.05) is 6.61 Å². The summed E-state index contributed by atoms with van der Waals surface area (Å²) in [6.45, 7) is 8.51. The molecule has 0 aliphatic heterocycles. The molecule has 1 fully saturated rings.